The Morgan fingerprint density at radius 1 is 1.17 bits per heavy atom. The summed E-state index contributed by atoms with van der Waals surface area (Å²) in [6.07, 6.45) is -0.0597. The van der Waals surface area contributed by atoms with E-state index in [-0.39, 0.29) is 18.6 Å². The van der Waals surface area contributed by atoms with Gasteiger partial charge in [0.1, 0.15) is 0 Å². The average Bonchev–Trinajstić information content (AvgIpc) is 2.57. The van der Waals surface area contributed by atoms with Crippen LogP contribution >= 0.6 is 15.9 Å². The lowest BCUT2D eigenvalue weighted by Gasteiger charge is -2.13. The molecule has 1 aromatic heterocycles. The van der Waals surface area contributed by atoms with Crippen LogP contribution in [0.3, 0.4) is 0 Å². The summed E-state index contributed by atoms with van der Waals surface area (Å²) in [5.74, 6) is -0.408. The smallest absolute Gasteiger partial charge is 0.310 e. The molecule has 1 N–H and O–H groups in total. The fraction of sp³-hybridized carbons (Fsp3) is 0.158. The van der Waals surface area contributed by atoms with E-state index in [0.29, 0.717) is 5.56 Å². The molecular weight excluding hydrogens is 370 g/mol. The van der Waals surface area contributed by atoms with Crippen LogP contribution in [0.25, 0.3) is 22.0 Å². The summed E-state index contributed by atoms with van der Waals surface area (Å²) < 4.78 is 5.93. The second-order valence-corrected chi connectivity index (χ2v) is 6.26. The molecule has 0 amide bonds. The number of hydrogen-bond donors (Lipinski definition) is 1. The van der Waals surface area contributed by atoms with Crippen molar-refractivity contribution in [1.29, 1.82) is 0 Å². The van der Waals surface area contributed by atoms with E-state index in [2.05, 4.69) is 20.9 Å². The number of carbonyl (C=O) groups is 1. The summed E-state index contributed by atoms with van der Waals surface area (Å²) in [7, 11) is 0. The van der Waals surface area contributed by atoms with Crippen LogP contribution in [0.5, 0.6) is 0 Å². The molecule has 0 spiro atoms. The molecule has 3 aromatic rings. The van der Waals surface area contributed by atoms with Gasteiger partial charge in [0.2, 0.25) is 0 Å². The first-order valence-electron chi connectivity index (χ1n) is 7.65. The van der Waals surface area contributed by atoms with Crippen molar-refractivity contribution in [3.05, 3.63) is 68.9 Å². The Balaban J connectivity index is 2.31. The summed E-state index contributed by atoms with van der Waals surface area (Å²) in [6.45, 7) is 2.04. The molecule has 122 valence electrons. The number of rotatable bonds is 4. The van der Waals surface area contributed by atoms with Crippen molar-refractivity contribution in [2.24, 2.45) is 0 Å². The number of carbonyl (C=O) groups excluding carboxylic acids is 1. The molecule has 24 heavy (non-hydrogen) atoms. The third-order valence-corrected chi connectivity index (χ3v) is 4.26. The maximum atomic E-state index is 12.6. The van der Waals surface area contributed by atoms with Crippen LogP contribution in [-0.4, -0.2) is 17.6 Å². The van der Waals surface area contributed by atoms with E-state index in [4.69, 9.17) is 4.74 Å². The average molecular weight is 386 g/mol. The van der Waals surface area contributed by atoms with E-state index in [1.165, 1.54) is 0 Å². The molecule has 4 nitrogen and oxygen atoms in total. The number of halogens is 1. The van der Waals surface area contributed by atoms with Gasteiger partial charge < -0.3 is 9.72 Å². The van der Waals surface area contributed by atoms with Crippen LogP contribution in [0.2, 0.25) is 0 Å². The van der Waals surface area contributed by atoms with Crippen molar-refractivity contribution in [3.63, 3.8) is 0 Å². The van der Waals surface area contributed by atoms with Crippen LogP contribution in [-0.2, 0) is 16.0 Å². The van der Waals surface area contributed by atoms with Gasteiger partial charge in [0.15, 0.2) is 0 Å². The highest BCUT2D eigenvalue weighted by molar-refractivity contribution is 9.10. The van der Waals surface area contributed by atoms with Gasteiger partial charge in [-0.2, -0.15) is 0 Å². The zero-order valence-corrected chi connectivity index (χ0v) is 14.7. The highest BCUT2D eigenvalue weighted by atomic mass is 79.9. The molecular formula is C19H16BrNO3. The largest absolute Gasteiger partial charge is 0.466 e. The van der Waals surface area contributed by atoms with Gasteiger partial charge in [0.25, 0.3) is 5.56 Å². The molecule has 3 rings (SSSR count). The van der Waals surface area contributed by atoms with E-state index < -0.39 is 5.97 Å². The van der Waals surface area contributed by atoms with Gasteiger partial charge in [-0.25, -0.2) is 0 Å². The standard InChI is InChI=1S/C19H16BrNO3/c1-2-24-17(22)11-15-18(12-6-4-3-5-7-12)14-10-13(20)8-9-16(14)21-19(15)23/h3-10H,2,11H2,1H3,(H,21,23). The van der Waals surface area contributed by atoms with Gasteiger partial charge in [-0.05, 0) is 30.7 Å². The summed E-state index contributed by atoms with van der Waals surface area (Å²) in [5.41, 5.74) is 2.55. The minimum atomic E-state index is -0.408. The highest BCUT2D eigenvalue weighted by Gasteiger charge is 2.18. The number of H-pyrrole nitrogens is 1. The van der Waals surface area contributed by atoms with Crippen LogP contribution < -0.4 is 5.56 Å². The number of pyridine rings is 1. The van der Waals surface area contributed by atoms with Crippen molar-refractivity contribution in [2.45, 2.75) is 13.3 Å². The van der Waals surface area contributed by atoms with Gasteiger partial charge >= 0.3 is 5.97 Å². The van der Waals surface area contributed by atoms with E-state index in [1.807, 2.05) is 48.5 Å². The molecule has 0 saturated carbocycles. The Bertz CT molecular complexity index is 948. The zero-order valence-electron chi connectivity index (χ0n) is 13.1. The molecule has 1 heterocycles. The fourth-order valence-corrected chi connectivity index (χ4v) is 3.13. The molecule has 0 aliphatic heterocycles. The number of ether oxygens (including phenoxy) is 1. The molecule has 0 fully saturated rings. The number of hydrogen-bond acceptors (Lipinski definition) is 3. The van der Waals surface area contributed by atoms with Crippen molar-refractivity contribution in [1.82, 2.24) is 4.98 Å². The van der Waals surface area contributed by atoms with Gasteiger partial charge in [-0.1, -0.05) is 46.3 Å². The second-order valence-electron chi connectivity index (χ2n) is 5.35. The number of aromatic nitrogens is 1. The Morgan fingerprint density at radius 3 is 2.62 bits per heavy atom. The molecule has 0 aliphatic carbocycles. The van der Waals surface area contributed by atoms with E-state index in [1.54, 1.807) is 6.92 Å². The third-order valence-electron chi connectivity index (χ3n) is 3.76. The van der Waals surface area contributed by atoms with Crippen LogP contribution in [0.4, 0.5) is 0 Å². The molecule has 0 saturated heterocycles. The van der Waals surface area contributed by atoms with Crippen LogP contribution in [0, 0.1) is 0 Å². The Hall–Kier alpha value is -2.40. The topological polar surface area (TPSA) is 59.2 Å². The second kappa shape index (κ2) is 7.01. The van der Waals surface area contributed by atoms with Crippen LogP contribution in [0.1, 0.15) is 12.5 Å². The molecule has 2 aromatic carbocycles. The Labute approximate surface area is 147 Å². The van der Waals surface area contributed by atoms with E-state index in [0.717, 1.165) is 26.5 Å². The van der Waals surface area contributed by atoms with Gasteiger partial charge in [-0.3, -0.25) is 9.59 Å². The first kappa shape index (κ1) is 16.5. The van der Waals surface area contributed by atoms with Crippen LogP contribution in [0.15, 0.2) is 57.8 Å². The van der Waals surface area contributed by atoms with Crippen molar-refractivity contribution in [2.75, 3.05) is 6.61 Å². The molecule has 5 heteroatoms. The monoisotopic (exact) mass is 385 g/mol. The first-order valence-corrected chi connectivity index (χ1v) is 8.45. The summed E-state index contributed by atoms with van der Waals surface area (Å²) in [4.78, 5) is 27.4. The minimum absolute atomic E-state index is 0.0597. The maximum Gasteiger partial charge on any atom is 0.310 e. The van der Waals surface area contributed by atoms with Gasteiger partial charge in [-0.15, -0.1) is 0 Å². The lowest BCUT2D eigenvalue weighted by Crippen LogP contribution is -2.19. The lowest BCUT2D eigenvalue weighted by atomic mass is 9.95. The lowest BCUT2D eigenvalue weighted by molar-refractivity contribution is -0.142. The highest BCUT2D eigenvalue weighted by Crippen LogP contribution is 2.31. The van der Waals surface area contributed by atoms with Crippen molar-refractivity contribution < 1.29 is 9.53 Å². The molecule has 0 unspecified atom stereocenters. The maximum absolute atomic E-state index is 12.6. The number of fused-ring (bicyclic) bond motifs is 1. The quantitative estimate of drug-likeness (QED) is 0.688. The fourth-order valence-electron chi connectivity index (χ4n) is 2.77. The number of nitrogens with one attached hydrogen (secondary N) is 1. The van der Waals surface area contributed by atoms with E-state index in [9.17, 15) is 9.59 Å². The van der Waals surface area contributed by atoms with Gasteiger partial charge in [0.05, 0.1) is 13.0 Å². The van der Waals surface area contributed by atoms with E-state index >= 15 is 0 Å². The number of aromatic amines is 1. The van der Waals surface area contributed by atoms with Gasteiger partial charge in [0, 0.05) is 26.5 Å². The Kier molecular flexibility index (Phi) is 4.81. The SMILES string of the molecule is CCOC(=O)Cc1c(-c2ccccc2)c2cc(Br)ccc2[nH]c1=O. The first-order chi connectivity index (χ1) is 11.6. The third kappa shape index (κ3) is 3.26. The molecule has 0 radical (unpaired) electrons. The predicted molar refractivity (Wildman–Crippen MR) is 98.0 cm³/mol. The van der Waals surface area contributed by atoms with Crippen molar-refractivity contribution >= 4 is 32.8 Å². The predicted octanol–water partition coefficient (Wildman–Crippen LogP) is 4.06. The normalized spacial score (nSPS) is 10.8. The number of esters is 1. The summed E-state index contributed by atoms with van der Waals surface area (Å²) in [5, 5.41) is 0.884. The summed E-state index contributed by atoms with van der Waals surface area (Å²) >= 11 is 3.47. The Morgan fingerprint density at radius 2 is 1.92 bits per heavy atom. The molecule has 0 atom stereocenters. The number of benzene rings is 2. The molecule has 0 aliphatic rings. The summed E-state index contributed by atoms with van der Waals surface area (Å²) in [6, 6.07) is 15.3. The van der Waals surface area contributed by atoms with Crippen molar-refractivity contribution in [3.8, 4) is 11.1 Å². The minimum Gasteiger partial charge on any atom is -0.466 e. The molecule has 0 bridgehead atoms. The zero-order chi connectivity index (χ0) is 17.1.